The molecule has 3 fully saturated rings. The number of carbonyl (C=O) groups is 4. The predicted molar refractivity (Wildman–Crippen MR) is 110 cm³/mol. The molecule has 0 unspecified atom stereocenters. The fourth-order valence-corrected chi connectivity index (χ4v) is 4.83. The molecule has 2 atom stereocenters. The van der Waals surface area contributed by atoms with Crippen molar-refractivity contribution in [1.82, 2.24) is 4.90 Å². The molecule has 160 valence electrons. The van der Waals surface area contributed by atoms with Crippen LogP contribution >= 0.6 is 0 Å². The first-order valence-electron chi connectivity index (χ1n) is 10.6. The van der Waals surface area contributed by atoms with Crippen LogP contribution in [0.1, 0.15) is 48.9 Å². The quantitative estimate of drug-likeness (QED) is 0.587. The van der Waals surface area contributed by atoms with Crippen LogP contribution in [0.2, 0.25) is 0 Å². The molecule has 8 nitrogen and oxygen atoms in total. The van der Waals surface area contributed by atoms with Crippen molar-refractivity contribution in [1.29, 1.82) is 0 Å². The molecule has 2 saturated heterocycles. The minimum Gasteiger partial charge on any atom is -0.465 e. The van der Waals surface area contributed by atoms with Gasteiger partial charge in [0.25, 0.3) is 0 Å². The first-order valence-corrected chi connectivity index (χ1v) is 10.6. The van der Waals surface area contributed by atoms with E-state index >= 15 is 0 Å². The molecule has 0 spiro atoms. The number of rotatable bonds is 5. The van der Waals surface area contributed by atoms with Crippen LogP contribution in [0.5, 0.6) is 0 Å². The highest BCUT2D eigenvalue weighted by molar-refractivity contribution is 6.09. The number of hydrogen-bond donors (Lipinski definition) is 1. The molecule has 4 rings (SSSR count). The number of methoxy groups -OCH3 is 1. The molecule has 1 aliphatic carbocycles. The molecule has 0 radical (unpaired) electrons. The second kappa shape index (κ2) is 8.45. The second-order valence-corrected chi connectivity index (χ2v) is 8.23. The van der Waals surface area contributed by atoms with Crippen molar-refractivity contribution in [2.75, 3.05) is 37.0 Å². The van der Waals surface area contributed by atoms with Gasteiger partial charge in [0.2, 0.25) is 17.7 Å². The molecule has 1 N–H and O–H groups in total. The van der Waals surface area contributed by atoms with Crippen LogP contribution in [0.3, 0.4) is 0 Å². The van der Waals surface area contributed by atoms with Crippen molar-refractivity contribution < 1.29 is 23.9 Å². The second-order valence-electron chi connectivity index (χ2n) is 8.23. The van der Waals surface area contributed by atoms with Crippen LogP contribution in [0.15, 0.2) is 18.2 Å². The summed E-state index contributed by atoms with van der Waals surface area (Å²) in [7, 11) is 1.30. The van der Waals surface area contributed by atoms with E-state index in [0.717, 1.165) is 49.4 Å². The minimum atomic E-state index is -0.493. The molecule has 1 saturated carbocycles. The highest BCUT2D eigenvalue weighted by Gasteiger charge is 2.48. The topological polar surface area (TPSA) is 96.0 Å². The number of imide groups is 1. The van der Waals surface area contributed by atoms with Gasteiger partial charge < -0.3 is 15.0 Å². The van der Waals surface area contributed by atoms with Crippen LogP contribution in [-0.4, -0.2) is 55.3 Å². The molecule has 0 bridgehead atoms. The zero-order valence-electron chi connectivity index (χ0n) is 17.2. The average Bonchev–Trinajstić information content (AvgIpc) is 3.37. The first kappa shape index (κ1) is 20.4. The molecular formula is C22H27N3O5. The van der Waals surface area contributed by atoms with E-state index in [2.05, 4.69) is 10.2 Å². The van der Waals surface area contributed by atoms with Gasteiger partial charge in [-0.3, -0.25) is 19.3 Å². The SMILES string of the molecule is COC(=O)c1ccc(N2CCCC2)c(NC(=O)CN2C(=O)[C@H]3CCCC[C@H]3C2=O)c1. The molecule has 3 aliphatic rings. The number of fused-ring (bicyclic) bond motifs is 1. The van der Waals surface area contributed by atoms with Gasteiger partial charge in [-0.1, -0.05) is 12.8 Å². The van der Waals surface area contributed by atoms with Gasteiger partial charge >= 0.3 is 5.97 Å². The molecule has 1 aromatic carbocycles. The van der Waals surface area contributed by atoms with Gasteiger partial charge in [0.05, 0.1) is 35.9 Å². The highest BCUT2D eigenvalue weighted by atomic mass is 16.5. The Morgan fingerprint density at radius 3 is 2.27 bits per heavy atom. The predicted octanol–water partition coefficient (Wildman–Crippen LogP) is 2.19. The lowest BCUT2D eigenvalue weighted by Gasteiger charge is -2.23. The van der Waals surface area contributed by atoms with Crippen molar-refractivity contribution in [2.24, 2.45) is 11.8 Å². The first-order chi connectivity index (χ1) is 14.5. The van der Waals surface area contributed by atoms with E-state index in [9.17, 15) is 19.2 Å². The van der Waals surface area contributed by atoms with Gasteiger partial charge in [-0.25, -0.2) is 4.79 Å². The third-order valence-electron chi connectivity index (χ3n) is 6.37. The van der Waals surface area contributed by atoms with Crippen LogP contribution in [0.4, 0.5) is 11.4 Å². The van der Waals surface area contributed by atoms with E-state index in [-0.39, 0.29) is 30.2 Å². The van der Waals surface area contributed by atoms with E-state index < -0.39 is 11.9 Å². The third kappa shape index (κ3) is 3.78. The summed E-state index contributed by atoms with van der Waals surface area (Å²) in [6.45, 7) is 1.44. The molecular weight excluding hydrogens is 386 g/mol. The van der Waals surface area contributed by atoms with Gasteiger partial charge in [-0.05, 0) is 43.9 Å². The van der Waals surface area contributed by atoms with Gasteiger partial charge in [-0.2, -0.15) is 0 Å². The monoisotopic (exact) mass is 413 g/mol. The fraction of sp³-hybridized carbons (Fsp3) is 0.545. The number of anilines is 2. The number of ether oxygens (including phenoxy) is 1. The molecule has 3 amide bonds. The largest absolute Gasteiger partial charge is 0.465 e. The number of esters is 1. The van der Waals surface area contributed by atoms with Crippen molar-refractivity contribution in [3.8, 4) is 0 Å². The molecule has 1 aromatic rings. The van der Waals surface area contributed by atoms with Gasteiger partial charge in [-0.15, -0.1) is 0 Å². The zero-order chi connectivity index (χ0) is 21.3. The number of carbonyl (C=O) groups excluding carboxylic acids is 4. The van der Waals surface area contributed by atoms with E-state index in [4.69, 9.17) is 4.74 Å². The Bertz CT molecular complexity index is 854. The van der Waals surface area contributed by atoms with Gasteiger partial charge in [0.1, 0.15) is 6.54 Å². The van der Waals surface area contributed by atoms with Gasteiger partial charge in [0, 0.05) is 13.1 Å². The molecule has 2 aliphatic heterocycles. The number of likely N-dealkylation sites (tertiary alicyclic amines) is 1. The average molecular weight is 413 g/mol. The summed E-state index contributed by atoms with van der Waals surface area (Å²) in [6, 6.07) is 5.06. The molecule has 30 heavy (non-hydrogen) atoms. The molecule has 0 aromatic heterocycles. The van der Waals surface area contributed by atoms with E-state index in [1.165, 1.54) is 7.11 Å². The van der Waals surface area contributed by atoms with E-state index in [1.54, 1.807) is 18.2 Å². The van der Waals surface area contributed by atoms with Crippen molar-refractivity contribution in [3.63, 3.8) is 0 Å². The number of benzene rings is 1. The maximum atomic E-state index is 12.8. The third-order valence-corrected chi connectivity index (χ3v) is 6.37. The maximum absolute atomic E-state index is 12.8. The summed E-state index contributed by atoms with van der Waals surface area (Å²) in [4.78, 5) is 53.3. The number of amides is 3. The van der Waals surface area contributed by atoms with Crippen LogP contribution in [-0.2, 0) is 19.1 Å². The van der Waals surface area contributed by atoms with Crippen LogP contribution < -0.4 is 10.2 Å². The van der Waals surface area contributed by atoms with E-state index in [1.807, 2.05) is 0 Å². The summed E-state index contributed by atoms with van der Waals surface area (Å²) in [5, 5.41) is 2.82. The molecule has 2 heterocycles. The van der Waals surface area contributed by atoms with E-state index in [0.29, 0.717) is 24.1 Å². The highest BCUT2D eigenvalue weighted by Crippen LogP contribution is 2.38. The van der Waals surface area contributed by atoms with Crippen molar-refractivity contribution in [3.05, 3.63) is 23.8 Å². The fourth-order valence-electron chi connectivity index (χ4n) is 4.83. The van der Waals surface area contributed by atoms with Crippen molar-refractivity contribution >= 4 is 35.1 Å². The lowest BCUT2D eigenvalue weighted by atomic mass is 9.81. The summed E-state index contributed by atoms with van der Waals surface area (Å²) in [5.41, 5.74) is 1.64. The Hall–Kier alpha value is -2.90. The normalized spacial score (nSPS) is 23.5. The Morgan fingerprint density at radius 1 is 1.03 bits per heavy atom. The Morgan fingerprint density at radius 2 is 1.67 bits per heavy atom. The summed E-state index contributed by atoms with van der Waals surface area (Å²) in [5.74, 6) is -1.96. The van der Waals surface area contributed by atoms with Crippen LogP contribution in [0.25, 0.3) is 0 Å². The lowest BCUT2D eigenvalue weighted by molar-refractivity contribution is -0.142. The standard InChI is InChI=1S/C22H27N3O5/c1-30-22(29)14-8-9-18(24-10-4-5-11-24)17(12-14)23-19(26)13-25-20(27)15-6-2-3-7-16(15)21(25)28/h8-9,12,15-16H,2-7,10-11,13H2,1H3,(H,23,26)/t15-,16+. The summed E-state index contributed by atoms with van der Waals surface area (Å²) in [6.07, 6.45) is 5.44. The minimum absolute atomic E-state index is 0.233. The smallest absolute Gasteiger partial charge is 0.337 e. The summed E-state index contributed by atoms with van der Waals surface area (Å²) < 4.78 is 4.79. The number of nitrogens with zero attached hydrogens (tertiary/aromatic N) is 2. The molecule has 8 heteroatoms. The summed E-state index contributed by atoms with van der Waals surface area (Å²) >= 11 is 0. The Kier molecular flexibility index (Phi) is 5.74. The Labute approximate surface area is 175 Å². The van der Waals surface area contributed by atoms with Gasteiger partial charge in [0.15, 0.2) is 0 Å². The van der Waals surface area contributed by atoms with Crippen LogP contribution in [0, 0.1) is 11.8 Å². The van der Waals surface area contributed by atoms with Crippen molar-refractivity contribution in [2.45, 2.75) is 38.5 Å². The number of nitrogens with one attached hydrogen (secondary N) is 1. The lowest BCUT2D eigenvalue weighted by Crippen LogP contribution is -2.38. The zero-order valence-corrected chi connectivity index (χ0v) is 17.2. The maximum Gasteiger partial charge on any atom is 0.337 e. The Balaban J connectivity index is 1.52. The number of hydrogen-bond acceptors (Lipinski definition) is 6.